The molecule has 1 heteroatoms. The molecule has 0 spiro atoms. The molecule has 0 aromatic heterocycles. The van der Waals surface area contributed by atoms with Crippen molar-refractivity contribution in [2.75, 3.05) is 0 Å². The summed E-state index contributed by atoms with van der Waals surface area (Å²) in [7, 11) is 0.672. The lowest BCUT2D eigenvalue weighted by Gasteiger charge is -2.09. The van der Waals surface area contributed by atoms with Crippen LogP contribution < -0.4 is 5.30 Å². The molecule has 1 atom stereocenters. The molecule has 0 saturated heterocycles. The highest BCUT2D eigenvalue weighted by atomic mass is 31.1. The fraction of sp³-hybridized carbons (Fsp3) is 0.143. The molecule has 0 heterocycles. The highest BCUT2D eigenvalue weighted by Gasteiger charge is 2.01. The third-order valence-corrected chi connectivity index (χ3v) is 3.85. The van der Waals surface area contributed by atoms with E-state index in [-0.39, 0.29) is 0 Å². The van der Waals surface area contributed by atoms with Gasteiger partial charge in [0.2, 0.25) is 0 Å². The van der Waals surface area contributed by atoms with E-state index >= 15 is 0 Å². The minimum absolute atomic E-state index is 0.672. The number of rotatable bonds is 4. The summed E-state index contributed by atoms with van der Waals surface area (Å²) in [5.41, 5.74) is 2.46. The molecule has 0 aliphatic carbocycles. The first-order valence-electron chi connectivity index (χ1n) is 4.96. The van der Waals surface area contributed by atoms with Crippen molar-refractivity contribution in [1.29, 1.82) is 0 Å². The molecular formula is C14H17P. The smallest absolute Gasteiger partial charge is 0.0197 e. The van der Waals surface area contributed by atoms with Crippen molar-refractivity contribution in [3.63, 3.8) is 0 Å². The highest BCUT2D eigenvalue weighted by Crippen LogP contribution is 2.29. The highest BCUT2D eigenvalue weighted by molar-refractivity contribution is 7.52. The van der Waals surface area contributed by atoms with Crippen molar-refractivity contribution in [3.8, 4) is 0 Å². The third kappa shape index (κ3) is 3.49. The normalized spacial score (nSPS) is 12.0. The summed E-state index contributed by atoms with van der Waals surface area (Å²) in [5.74, 6) is 0. The summed E-state index contributed by atoms with van der Waals surface area (Å²) in [5, 5.41) is 2.66. The van der Waals surface area contributed by atoms with Crippen LogP contribution in [-0.2, 0) is 0 Å². The molecule has 1 rings (SSSR count). The van der Waals surface area contributed by atoms with Crippen LogP contribution >= 0.6 is 8.58 Å². The molecule has 0 fully saturated rings. The van der Waals surface area contributed by atoms with Crippen LogP contribution in [0, 0.1) is 6.92 Å². The monoisotopic (exact) mass is 216 g/mol. The minimum Gasteiger partial charge on any atom is -0.0990 e. The van der Waals surface area contributed by atoms with Gasteiger partial charge in [-0.2, -0.15) is 0 Å². The van der Waals surface area contributed by atoms with Gasteiger partial charge in [0.15, 0.2) is 0 Å². The molecule has 15 heavy (non-hydrogen) atoms. The van der Waals surface area contributed by atoms with Crippen molar-refractivity contribution >= 4 is 13.9 Å². The maximum absolute atomic E-state index is 3.99. The fourth-order valence-electron chi connectivity index (χ4n) is 1.27. The molecule has 0 aliphatic rings. The van der Waals surface area contributed by atoms with Crippen molar-refractivity contribution in [2.45, 2.75) is 13.8 Å². The summed E-state index contributed by atoms with van der Waals surface area (Å²) < 4.78 is 0. The molecule has 0 nitrogen and oxygen atoms in total. The summed E-state index contributed by atoms with van der Waals surface area (Å²) in [6.45, 7) is 11.9. The molecule has 0 N–H and O–H groups in total. The Morgan fingerprint density at radius 3 is 2.53 bits per heavy atom. The predicted octanol–water partition coefficient (Wildman–Crippen LogP) is 3.94. The fourth-order valence-corrected chi connectivity index (χ4v) is 2.43. The van der Waals surface area contributed by atoms with Gasteiger partial charge in [0.25, 0.3) is 0 Å². The predicted molar refractivity (Wildman–Crippen MR) is 72.2 cm³/mol. The van der Waals surface area contributed by atoms with E-state index in [4.69, 9.17) is 0 Å². The van der Waals surface area contributed by atoms with Crippen LogP contribution in [0.25, 0.3) is 0 Å². The van der Waals surface area contributed by atoms with Crippen molar-refractivity contribution in [3.05, 3.63) is 66.0 Å². The van der Waals surface area contributed by atoms with Crippen LogP contribution in [0.5, 0.6) is 0 Å². The van der Waals surface area contributed by atoms with Crippen LogP contribution in [0.1, 0.15) is 12.5 Å². The van der Waals surface area contributed by atoms with Crippen molar-refractivity contribution < 1.29 is 0 Å². The molecule has 1 aromatic rings. The Morgan fingerprint density at radius 1 is 1.33 bits per heavy atom. The molecule has 1 unspecified atom stereocenters. The van der Waals surface area contributed by atoms with E-state index in [1.54, 1.807) is 0 Å². The Labute approximate surface area is 94.2 Å². The Hall–Kier alpha value is -1.13. The molecule has 0 bridgehead atoms. The van der Waals surface area contributed by atoms with Crippen molar-refractivity contribution in [1.82, 2.24) is 0 Å². The SMILES string of the molecule is C=C/C=C(/Pc1ccccc1C)C(=C)C. The number of benzene rings is 1. The van der Waals surface area contributed by atoms with Crippen LogP contribution in [-0.4, -0.2) is 0 Å². The topological polar surface area (TPSA) is 0 Å². The quantitative estimate of drug-likeness (QED) is 0.528. The van der Waals surface area contributed by atoms with E-state index in [0.29, 0.717) is 8.58 Å². The molecular weight excluding hydrogens is 199 g/mol. The summed E-state index contributed by atoms with van der Waals surface area (Å²) in [4.78, 5) is 0. The van der Waals surface area contributed by atoms with Gasteiger partial charge in [0, 0.05) is 0 Å². The summed E-state index contributed by atoms with van der Waals surface area (Å²) in [6, 6.07) is 8.47. The molecule has 0 aliphatic heterocycles. The number of allylic oxidation sites excluding steroid dienone is 4. The summed E-state index contributed by atoms with van der Waals surface area (Å²) >= 11 is 0. The van der Waals surface area contributed by atoms with Crippen LogP contribution in [0.2, 0.25) is 0 Å². The van der Waals surface area contributed by atoms with Gasteiger partial charge in [-0.3, -0.25) is 0 Å². The Kier molecular flexibility index (Phi) is 4.52. The maximum Gasteiger partial charge on any atom is -0.0197 e. The lowest BCUT2D eigenvalue weighted by atomic mass is 10.2. The van der Waals surface area contributed by atoms with Crippen LogP contribution in [0.3, 0.4) is 0 Å². The van der Waals surface area contributed by atoms with Crippen molar-refractivity contribution in [2.24, 2.45) is 0 Å². The standard InChI is InChI=1S/C14H17P/c1-5-8-13(11(2)3)15-14-10-7-6-9-12(14)4/h5-10,15H,1-2H2,3-4H3/b13-8+. The van der Waals surface area contributed by atoms with Gasteiger partial charge in [-0.25, -0.2) is 0 Å². The van der Waals surface area contributed by atoms with Gasteiger partial charge >= 0.3 is 0 Å². The van der Waals surface area contributed by atoms with Crippen LogP contribution in [0.4, 0.5) is 0 Å². The molecule has 0 radical (unpaired) electrons. The van der Waals surface area contributed by atoms with E-state index in [9.17, 15) is 0 Å². The van der Waals surface area contributed by atoms with E-state index in [1.165, 1.54) is 16.2 Å². The number of hydrogen-bond acceptors (Lipinski definition) is 0. The average molecular weight is 216 g/mol. The second kappa shape index (κ2) is 5.68. The van der Waals surface area contributed by atoms with Gasteiger partial charge in [-0.05, 0) is 30.0 Å². The molecule has 78 valence electrons. The molecule has 1 aromatic carbocycles. The van der Waals surface area contributed by atoms with Gasteiger partial charge in [0.05, 0.1) is 0 Å². The molecule has 0 amide bonds. The van der Waals surface area contributed by atoms with Gasteiger partial charge in [0.1, 0.15) is 0 Å². The van der Waals surface area contributed by atoms with E-state index in [2.05, 4.69) is 44.3 Å². The van der Waals surface area contributed by atoms with Gasteiger partial charge in [-0.15, -0.1) is 0 Å². The van der Waals surface area contributed by atoms with Gasteiger partial charge in [-0.1, -0.05) is 63.7 Å². The van der Waals surface area contributed by atoms with Crippen LogP contribution in [0.15, 0.2) is 60.5 Å². The average Bonchev–Trinajstić information content (AvgIpc) is 2.20. The summed E-state index contributed by atoms with van der Waals surface area (Å²) in [6.07, 6.45) is 3.88. The third-order valence-electron chi connectivity index (χ3n) is 2.16. The van der Waals surface area contributed by atoms with Gasteiger partial charge < -0.3 is 0 Å². The van der Waals surface area contributed by atoms with E-state index < -0.39 is 0 Å². The zero-order valence-corrected chi connectivity index (χ0v) is 10.4. The maximum atomic E-state index is 3.99. The minimum atomic E-state index is 0.672. The second-order valence-electron chi connectivity index (χ2n) is 3.54. The Balaban J connectivity index is 2.93. The number of aryl methyl sites for hydroxylation is 1. The number of hydrogen-bond donors (Lipinski definition) is 0. The first-order valence-corrected chi connectivity index (χ1v) is 5.96. The first kappa shape index (κ1) is 11.9. The Morgan fingerprint density at radius 2 is 2.00 bits per heavy atom. The zero-order chi connectivity index (χ0) is 11.3. The van der Waals surface area contributed by atoms with E-state index in [1.807, 2.05) is 19.1 Å². The first-order chi connectivity index (χ1) is 7.15. The lowest BCUT2D eigenvalue weighted by molar-refractivity contribution is 1.51. The second-order valence-corrected chi connectivity index (χ2v) is 4.86. The zero-order valence-electron chi connectivity index (χ0n) is 9.38. The molecule has 0 saturated carbocycles. The largest absolute Gasteiger partial charge is 0.0990 e. The Bertz CT molecular complexity index is 400. The van der Waals surface area contributed by atoms with E-state index in [0.717, 1.165) is 5.57 Å². The lowest BCUT2D eigenvalue weighted by Crippen LogP contribution is -1.99.